The lowest BCUT2D eigenvalue weighted by Gasteiger charge is -2.16. The minimum Gasteiger partial charge on any atom is -0.374 e. The number of hydrogen-bond acceptors (Lipinski definition) is 8. The lowest BCUT2D eigenvalue weighted by atomic mass is 9.96. The van der Waals surface area contributed by atoms with Gasteiger partial charge in [-0.15, -0.1) is 20.4 Å². The molecule has 80 valence electrons. The highest BCUT2D eigenvalue weighted by Crippen LogP contribution is 2.35. The first-order chi connectivity index (χ1) is 7.00. The summed E-state index contributed by atoms with van der Waals surface area (Å²) in [5.41, 5.74) is 10.7. The SMILES string of the molecule is CC(C)(c1nnc(N)s1)c1nnc(N)s1. The number of rotatable bonds is 2. The summed E-state index contributed by atoms with van der Waals surface area (Å²) < 4.78 is 0. The van der Waals surface area contributed by atoms with Gasteiger partial charge in [0.05, 0.1) is 5.41 Å². The number of aromatic nitrogens is 4. The van der Waals surface area contributed by atoms with Crippen LogP contribution in [0.3, 0.4) is 0 Å². The Balaban J connectivity index is 2.42. The number of hydrogen-bond donors (Lipinski definition) is 2. The molecular weight excluding hydrogens is 232 g/mol. The molecule has 0 bridgehead atoms. The predicted octanol–water partition coefficient (Wildman–Crippen LogP) is 0.880. The lowest BCUT2D eigenvalue weighted by Crippen LogP contribution is -2.18. The first kappa shape index (κ1) is 10.2. The van der Waals surface area contributed by atoms with E-state index in [1.807, 2.05) is 13.8 Å². The van der Waals surface area contributed by atoms with E-state index in [2.05, 4.69) is 20.4 Å². The van der Waals surface area contributed by atoms with E-state index in [1.165, 1.54) is 22.7 Å². The van der Waals surface area contributed by atoms with Crippen molar-refractivity contribution in [2.24, 2.45) is 0 Å². The third-order valence-electron chi connectivity index (χ3n) is 1.95. The van der Waals surface area contributed by atoms with Crippen LogP contribution in [-0.4, -0.2) is 20.4 Å². The maximum Gasteiger partial charge on any atom is 0.203 e. The van der Waals surface area contributed by atoms with Crippen molar-refractivity contribution in [3.63, 3.8) is 0 Å². The third-order valence-corrected chi connectivity index (χ3v) is 4.10. The van der Waals surface area contributed by atoms with E-state index in [1.54, 1.807) is 0 Å². The standard InChI is InChI=1S/C7H10N6S2/c1-7(2,3-10-12-5(8)14-3)4-11-13-6(9)15-4/h1-2H3,(H2,8,12)(H2,9,13). The lowest BCUT2D eigenvalue weighted by molar-refractivity contribution is 0.613. The monoisotopic (exact) mass is 242 g/mol. The normalized spacial score (nSPS) is 11.9. The Kier molecular flexibility index (Phi) is 2.31. The van der Waals surface area contributed by atoms with Crippen LogP contribution in [0.4, 0.5) is 10.3 Å². The van der Waals surface area contributed by atoms with Crippen molar-refractivity contribution in [3.8, 4) is 0 Å². The maximum absolute atomic E-state index is 5.55. The summed E-state index contributed by atoms with van der Waals surface area (Å²) in [6.07, 6.45) is 0. The summed E-state index contributed by atoms with van der Waals surface area (Å²) in [5.74, 6) is 0. The van der Waals surface area contributed by atoms with E-state index < -0.39 is 0 Å². The van der Waals surface area contributed by atoms with Crippen LogP contribution in [0.2, 0.25) is 0 Å². The van der Waals surface area contributed by atoms with Gasteiger partial charge in [-0.1, -0.05) is 22.7 Å². The molecule has 0 fully saturated rings. The molecule has 2 rings (SSSR count). The molecule has 0 aliphatic heterocycles. The van der Waals surface area contributed by atoms with E-state index in [4.69, 9.17) is 11.5 Å². The first-order valence-corrected chi connectivity index (χ1v) is 5.82. The van der Waals surface area contributed by atoms with Crippen LogP contribution in [0.15, 0.2) is 0 Å². The summed E-state index contributed by atoms with van der Waals surface area (Å²) in [4.78, 5) is 0. The fourth-order valence-electron chi connectivity index (χ4n) is 1.07. The van der Waals surface area contributed by atoms with Crippen molar-refractivity contribution in [3.05, 3.63) is 10.0 Å². The van der Waals surface area contributed by atoms with Crippen molar-refractivity contribution in [2.45, 2.75) is 19.3 Å². The third kappa shape index (κ3) is 1.77. The summed E-state index contributed by atoms with van der Waals surface area (Å²) >= 11 is 2.70. The van der Waals surface area contributed by atoms with Gasteiger partial charge in [0.15, 0.2) is 0 Å². The van der Waals surface area contributed by atoms with Crippen LogP contribution in [0.5, 0.6) is 0 Å². The van der Waals surface area contributed by atoms with Gasteiger partial charge in [-0.3, -0.25) is 0 Å². The molecule has 0 aromatic carbocycles. The maximum atomic E-state index is 5.55. The smallest absolute Gasteiger partial charge is 0.203 e. The minimum absolute atomic E-state index is 0.343. The van der Waals surface area contributed by atoms with Gasteiger partial charge in [0.1, 0.15) is 10.0 Å². The van der Waals surface area contributed by atoms with E-state index in [0.29, 0.717) is 10.3 Å². The second kappa shape index (κ2) is 3.38. The zero-order valence-corrected chi connectivity index (χ0v) is 9.89. The van der Waals surface area contributed by atoms with Crippen LogP contribution in [0.25, 0.3) is 0 Å². The molecule has 0 unspecified atom stereocenters. The fourth-order valence-corrected chi connectivity index (χ4v) is 2.56. The van der Waals surface area contributed by atoms with Crippen LogP contribution < -0.4 is 11.5 Å². The van der Waals surface area contributed by atoms with Crippen molar-refractivity contribution in [2.75, 3.05) is 11.5 Å². The van der Waals surface area contributed by atoms with Crippen LogP contribution in [0, 0.1) is 0 Å². The Labute approximate surface area is 94.4 Å². The predicted molar refractivity (Wildman–Crippen MR) is 60.8 cm³/mol. The molecule has 6 nitrogen and oxygen atoms in total. The topological polar surface area (TPSA) is 104 Å². The Hall–Kier alpha value is -1.28. The molecule has 8 heteroatoms. The van der Waals surface area contributed by atoms with Crippen molar-refractivity contribution >= 4 is 32.9 Å². The van der Waals surface area contributed by atoms with Gasteiger partial charge >= 0.3 is 0 Å². The van der Waals surface area contributed by atoms with E-state index in [9.17, 15) is 0 Å². The van der Waals surface area contributed by atoms with Gasteiger partial charge in [0.25, 0.3) is 0 Å². The van der Waals surface area contributed by atoms with Crippen molar-refractivity contribution in [1.82, 2.24) is 20.4 Å². The Bertz CT molecular complexity index is 431. The van der Waals surface area contributed by atoms with Gasteiger partial charge in [0, 0.05) is 0 Å². The highest BCUT2D eigenvalue weighted by atomic mass is 32.1. The summed E-state index contributed by atoms with van der Waals surface area (Å²) in [6, 6.07) is 0. The quantitative estimate of drug-likeness (QED) is 0.810. The molecule has 0 amide bonds. The van der Waals surface area contributed by atoms with E-state index >= 15 is 0 Å². The molecule has 15 heavy (non-hydrogen) atoms. The van der Waals surface area contributed by atoms with Gasteiger partial charge in [-0.2, -0.15) is 0 Å². The molecule has 0 saturated heterocycles. The summed E-state index contributed by atoms with van der Waals surface area (Å²) in [5, 5.41) is 18.1. The number of nitrogens with two attached hydrogens (primary N) is 2. The molecule has 0 spiro atoms. The summed E-state index contributed by atoms with van der Waals surface area (Å²) in [7, 11) is 0. The highest BCUT2D eigenvalue weighted by Gasteiger charge is 2.31. The van der Waals surface area contributed by atoms with Gasteiger partial charge < -0.3 is 11.5 Å². The molecule has 0 atom stereocenters. The number of nitrogen functional groups attached to an aromatic ring is 2. The van der Waals surface area contributed by atoms with Gasteiger partial charge in [0.2, 0.25) is 10.3 Å². The number of nitrogens with zero attached hydrogens (tertiary/aromatic N) is 4. The Morgan fingerprint density at radius 2 is 1.27 bits per heavy atom. The summed E-state index contributed by atoms with van der Waals surface area (Å²) in [6.45, 7) is 3.99. The Morgan fingerprint density at radius 1 is 0.867 bits per heavy atom. The molecule has 0 saturated carbocycles. The average Bonchev–Trinajstić information content (AvgIpc) is 2.74. The van der Waals surface area contributed by atoms with E-state index in [0.717, 1.165) is 10.0 Å². The number of anilines is 2. The Morgan fingerprint density at radius 3 is 1.53 bits per heavy atom. The first-order valence-electron chi connectivity index (χ1n) is 4.19. The molecule has 0 radical (unpaired) electrons. The fraction of sp³-hybridized carbons (Fsp3) is 0.429. The molecule has 0 aliphatic rings. The average molecular weight is 242 g/mol. The molecular formula is C7H10N6S2. The van der Waals surface area contributed by atoms with Crippen LogP contribution in [0.1, 0.15) is 23.9 Å². The molecule has 4 N–H and O–H groups in total. The van der Waals surface area contributed by atoms with Crippen LogP contribution >= 0.6 is 22.7 Å². The largest absolute Gasteiger partial charge is 0.374 e. The van der Waals surface area contributed by atoms with Gasteiger partial charge in [-0.05, 0) is 13.8 Å². The van der Waals surface area contributed by atoms with E-state index in [-0.39, 0.29) is 5.41 Å². The molecule has 2 aromatic rings. The molecule has 2 heterocycles. The second-order valence-corrected chi connectivity index (χ2v) is 5.53. The van der Waals surface area contributed by atoms with Crippen LogP contribution in [-0.2, 0) is 5.41 Å². The zero-order chi connectivity index (χ0) is 11.1. The second-order valence-electron chi connectivity index (χ2n) is 3.52. The zero-order valence-electron chi connectivity index (χ0n) is 8.26. The van der Waals surface area contributed by atoms with Gasteiger partial charge in [-0.25, -0.2) is 0 Å². The van der Waals surface area contributed by atoms with Crippen molar-refractivity contribution < 1.29 is 0 Å². The molecule has 0 aliphatic carbocycles. The molecule has 2 aromatic heterocycles. The highest BCUT2D eigenvalue weighted by molar-refractivity contribution is 7.16. The minimum atomic E-state index is -0.343. The van der Waals surface area contributed by atoms with Crippen molar-refractivity contribution in [1.29, 1.82) is 0 Å².